The number of anilines is 1. The van der Waals surface area contributed by atoms with E-state index in [0.717, 1.165) is 48.1 Å². The number of carbonyl (C=O) groups excluding carboxylic acids is 1. The van der Waals surface area contributed by atoms with Crippen LogP contribution in [0.1, 0.15) is 35.0 Å². The van der Waals surface area contributed by atoms with E-state index in [1.54, 1.807) is 0 Å². The first-order chi connectivity index (χ1) is 15.2. The average molecular weight is 410 g/mol. The van der Waals surface area contributed by atoms with Gasteiger partial charge in [0.05, 0.1) is 0 Å². The van der Waals surface area contributed by atoms with Gasteiger partial charge in [0.25, 0.3) is 5.91 Å². The van der Waals surface area contributed by atoms with Gasteiger partial charge in [-0.15, -0.1) is 0 Å². The summed E-state index contributed by atoms with van der Waals surface area (Å²) in [4.78, 5) is 16.4. The first-order valence-corrected chi connectivity index (χ1v) is 11.0. The number of aromatic amines is 1. The third-order valence-electron chi connectivity index (χ3n) is 6.19. The van der Waals surface area contributed by atoms with E-state index in [2.05, 4.69) is 46.8 Å². The molecule has 4 nitrogen and oxygen atoms in total. The summed E-state index contributed by atoms with van der Waals surface area (Å²) in [5.74, 6) is -0.0890. The van der Waals surface area contributed by atoms with E-state index < -0.39 is 0 Å². The fourth-order valence-corrected chi connectivity index (χ4v) is 4.61. The van der Waals surface area contributed by atoms with Crippen LogP contribution < -0.4 is 10.6 Å². The quantitative estimate of drug-likeness (QED) is 0.404. The predicted octanol–water partition coefficient (Wildman–Crippen LogP) is 5.55. The average Bonchev–Trinajstić information content (AvgIpc) is 3.17. The molecule has 0 radical (unpaired) electrons. The van der Waals surface area contributed by atoms with Gasteiger partial charge in [-0.2, -0.15) is 0 Å². The fourth-order valence-electron chi connectivity index (χ4n) is 4.61. The molecule has 1 atom stereocenters. The van der Waals surface area contributed by atoms with Crippen LogP contribution in [0.25, 0.3) is 22.0 Å². The molecule has 156 valence electrons. The molecule has 0 fully saturated rings. The number of benzene rings is 3. The summed E-state index contributed by atoms with van der Waals surface area (Å²) in [6.45, 7) is 3.15. The van der Waals surface area contributed by atoms with Gasteiger partial charge in [-0.05, 0) is 72.8 Å². The lowest BCUT2D eigenvalue weighted by atomic mass is 9.91. The number of fused-ring (bicyclic) bond motifs is 3. The third kappa shape index (κ3) is 3.99. The smallest absolute Gasteiger partial charge is 0.255 e. The molecular formula is C27H27N3O. The Morgan fingerprint density at radius 3 is 2.55 bits per heavy atom. The third-order valence-corrected chi connectivity index (χ3v) is 6.19. The van der Waals surface area contributed by atoms with Crippen molar-refractivity contribution < 1.29 is 4.79 Å². The lowest BCUT2D eigenvalue weighted by molar-refractivity contribution is 0.102. The number of amides is 1. The molecule has 31 heavy (non-hydrogen) atoms. The largest absolute Gasteiger partial charge is 0.358 e. The zero-order chi connectivity index (χ0) is 21.2. The summed E-state index contributed by atoms with van der Waals surface area (Å²) in [7, 11) is 0. The van der Waals surface area contributed by atoms with Crippen molar-refractivity contribution in [1.29, 1.82) is 0 Å². The van der Waals surface area contributed by atoms with Crippen LogP contribution in [-0.2, 0) is 12.8 Å². The molecule has 1 aromatic heterocycles. The summed E-state index contributed by atoms with van der Waals surface area (Å²) < 4.78 is 0. The van der Waals surface area contributed by atoms with Gasteiger partial charge in [-0.1, -0.05) is 49.4 Å². The molecule has 1 heterocycles. The highest BCUT2D eigenvalue weighted by molar-refractivity contribution is 6.05. The molecular weight excluding hydrogens is 382 g/mol. The molecule has 0 saturated heterocycles. The monoisotopic (exact) mass is 409 g/mol. The summed E-state index contributed by atoms with van der Waals surface area (Å²) >= 11 is 0. The molecule has 0 saturated carbocycles. The highest BCUT2D eigenvalue weighted by atomic mass is 16.1. The Bertz CT molecular complexity index is 1210. The Balaban J connectivity index is 1.35. The van der Waals surface area contributed by atoms with E-state index in [1.807, 2.05) is 48.5 Å². The molecule has 3 aromatic carbocycles. The first kappa shape index (κ1) is 19.6. The molecule has 0 bridgehead atoms. The number of hydrogen-bond acceptors (Lipinski definition) is 2. The Hall–Kier alpha value is -3.37. The van der Waals surface area contributed by atoms with Crippen LogP contribution in [-0.4, -0.2) is 23.5 Å². The molecule has 5 rings (SSSR count). The van der Waals surface area contributed by atoms with Gasteiger partial charge in [0, 0.05) is 33.9 Å². The van der Waals surface area contributed by atoms with Crippen LogP contribution >= 0.6 is 0 Å². The van der Waals surface area contributed by atoms with Gasteiger partial charge < -0.3 is 15.6 Å². The molecule has 1 aliphatic rings. The van der Waals surface area contributed by atoms with E-state index in [9.17, 15) is 4.79 Å². The zero-order valence-corrected chi connectivity index (χ0v) is 17.7. The SMILES string of the molecule is CCNC1CCc2[nH]c3ccc(NC(=O)c4ccc(-c5ccccc5)cc4)cc3c2C1. The minimum Gasteiger partial charge on any atom is -0.358 e. The number of nitrogens with one attached hydrogen (secondary N) is 3. The summed E-state index contributed by atoms with van der Waals surface area (Å²) in [6, 6.07) is 24.6. The maximum atomic E-state index is 12.8. The maximum Gasteiger partial charge on any atom is 0.255 e. The van der Waals surface area contributed by atoms with Crippen molar-refractivity contribution in [2.24, 2.45) is 0 Å². The van der Waals surface area contributed by atoms with Crippen molar-refractivity contribution in [1.82, 2.24) is 10.3 Å². The maximum absolute atomic E-state index is 12.8. The highest BCUT2D eigenvalue weighted by Gasteiger charge is 2.22. The van der Waals surface area contributed by atoms with Crippen LogP contribution in [0, 0.1) is 0 Å². The van der Waals surface area contributed by atoms with Crippen molar-refractivity contribution in [3.05, 3.63) is 89.6 Å². The number of aromatic nitrogens is 1. The van der Waals surface area contributed by atoms with Gasteiger partial charge in [0.15, 0.2) is 0 Å². The van der Waals surface area contributed by atoms with E-state index in [4.69, 9.17) is 0 Å². The Kier molecular flexibility index (Phi) is 5.31. The molecule has 1 unspecified atom stereocenters. The van der Waals surface area contributed by atoms with Gasteiger partial charge in [-0.3, -0.25) is 4.79 Å². The van der Waals surface area contributed by atoms with Crippen molar-refractivity contribution >= 4 is 22.5 Å². The van der Waals surface area contributed by atoms with E-state index in [1.165, 1.54) is 16.6 Å². The molecule has 1 amide bonds. The van der Waals surface area contributed by atoms with Crippen LogP contribution in [0.4, 0.5) is 5.69 Å². The second-order valence-electron chi connectivity index (χ2n) is 8.24. The Morgan fingerprint density at radius 2 is 1.77 bits per heavy atom. The van der Waals surface area contributed by atoms with E-state index in [-0.39, 0.29) is 5.91 Å². The number of carbonyl (C=O) groups is 1. The van der Waals surface area contributed by atoms with Crippen LogP contribution in [0.3, 0.4) is 0 Å². The van der Waals surface area contributed by atoms with Crippen molar-refractivity contribution in [2.75, 3.05) is 11.9 Å². The van der Waals surface area contributed by atoms with E-state index in [0.29, 0.717) is 11.6 Å². The minimum atomic E-state index is -0.0890. The van der Waals surface area contributed by atoms with E-state index >= 15 is 0 Å². The lowest BCUT2D eigenvalue weighted by Crippen LogP contribution is -2.34. The molecule has 0 spiro atoms. The lowest BCUT2D eigenvalue weighted by Gasteiger charge is -2.23. The van der Waals surface area contributed by atoms with Crippen LogP contribution in [0.15, 0.2) is 72.8 Å². The van der Waals surface area contributed by atoms with Gasteiger partial charge in [0.2, 0.25) is 0 Å². The first-order valence-electron chi connectivity index (χ1n) is 11.0. The van der Waals surface area contributed by atoms with Crippen LogP contribution in [0.5, 0.6) is 0 Å². The summed E-state index contributed by atoms with van der Waals surface area (Å²) in [5, 5.41) is 7.87. The van der Waals surface area contributed by atoms with Crippen molar-refractivity contribution in [3.63, 3.8) is 0 Å². The van der Waals surface area contributed by atoms with Gasteiger partial charge in [0.1, 0.15) is 0 Å². The second-order valence-corrected chi connectivity index (χ2v) is 8.24. The molecule has 0 aliphatic heterocycles. The van der Waals surface area contributed by atoms with Gasteiger partial charge in [-0.25, -0.2) is 0 Å². The molecule has 4 aromatic rings. The number of likely N-dealkylation sites (N-methyl/N-ethyl adjacent to an activating group) is 1. The predicted molar refractivity (Wildman–Crippen MR) is 128 cm³/mol. The Morgan fingerprint density at radius 1 is 1.00 bits per heavy atom. The number of hydrogen-bond donors (Lipinski definition) is 3. The molecule has 3 N–H and O–H groups in total. The van der Waals surface area contributed by atoms with Crippen molar-refractivity contribution in [3.8, 4) is 11.1 Å². The zero-order valence-electron chi connectivity index (χ0n) is 17.7. The van der Waals surface area contributed by atoms with Gasteiger partial charge >= 0.3 is 0 Å². The van der Waals surface area contributed by atoms with Crippen LogP contribution in [0.2, 0.25) is 0 Å². The Labute approximate surface area is 182 Å². The summed E-state index contributed by atoms with van der Waals surface area (Å²) in [5.41, 5.74) is 7.60. The molecule has 1 aliphatic carbocycles. The minimum absolute atomic E-state index is 0.0890. The second kappa shape index (κ2) is 8.40. The number of rotatable bonds is 5. The number of H-pyrrole nitrogens is 1. The normalized spacial score (nSPS) is 15.6. The van der Waals surface area contributed by atoms with Crippen molar-refractivity contribution in [2.45, 2.75) is 32.2 Å². The topological polar surface area (TPSA) is 56.9 Å². The molecule has 4 heteroatoms. The highest BCUT2D eigenvalue weighted by Crippen LogP contribution is 2.31. The standard InChI is InChI=1S/C27H27N3O/c1-2-28-21-12-14-25-23(16-21)24-17-22(13-15-26(24)30-25)29-27(31)20-10-8-19(9-11-20)18-6-4-3-5-7-18/h3-11,13,15,17,21,28,30H,2,12,14,16H2,1H3,(H,29,31). The summed E-state index contributed by atoms with van der Waals surface area (Å²) in [6.07, 6.45) is 3.26. The number of aryl methyl sites for hydroxylation is 1. The fraction of sp³-hybridized carbons (Fsp3) is 0.222.